The van der Waals surface area contributed by atoms with Crippen molar-refractivity contribution in [3.63, 3.8) is 0 Å². The summed E-state index contributed by atoms with van der Waals surface area (Å²) in [5.74, 6) is -2.83. The Balaban J connectivity index is 1.43. The number of hydrogen-bond donors (Lipinski definition) is 2. The molecule has 0 aliphatic carbocycles. The molecule has 2 bridgehead atoms. The number of hydrogen-bond acceptors (Lipinski definition) is 5. The monoisotopic (exact) mass is 546 g/mol. The zero-order chi connectivity index (χ0) is 27.1. The van der Waals surface area contributed by atoms with Gasteiger partial charge in [0.2, 0.25) is 0 Å². The van der Waals surface area contributed by atoms with Crippen molar-refractivity contribution in [3.8, 4) is 5.75 Å². The maximum absolute atomic E-state index is 14.9. The number of carbonyl (C=O) groups is 2. The van der Waals surface area contributed by atoms with Gasteiger partial charge in [-0.2, -0.15) is 13.2 Å². The Morgan fingerprint density at radius 1 is 1.19 bits per heavy atom. The number of ether oxygens (including phenoxy) is 1. The molecule has 0 radical (unpaired) electrons. The molecular weight excluding hydrogens is 523 g/mol. The van der Waals surface area contributed by atoms with Crippen LogP contribution in [0, 0.1) is 11.6 Å². The van der Waals surface area contributed by atoms with Crippen molar-refractivity contribution in [2.24, 2.45) is 0 Å². The highest BCUT2D eigenvalue weighted by atomic mass is 35.5. The van der Waals surface area contributed by atoms with E-state index < -0.39 is 41.8 Å². The van der Waals surface area contributed by atoms with Crippen molar-refractivity contribution in [2.75, 3.05) is 11.4 Å². The number of alkyl halides is 3. The molecule has 0 spiro atoms. The van der Waals surface area contributed by atoms with Gasteiger partial charge in [0.1, 0.15) is 18.1 Å². The molecule has 3 heterocycles. The molecule has 2 N–H and O–H groups in total. The second-order valence-electron chi connectivity index (χ2n) is 9.54. The minimum absolute atomic E-state index is 0.0176. The summed E-state index contributed by atoms with van der Waals surface area (Å²) in [6.45, 7) is 1.54. The van der Waals surface area contributed by atoms with Crippen molar-refractivity contribution in [1.29, 1.82) is 0 Å². The highest BCUT2D eigenvalue weighted by Gasteiger charge is 2.49. The number of halogens is 6. The molecule has 1 aromatic heterocycles. The maximum atomic E-state index is 14.9. The lowest BCUT2D eigenvalue weighted by Crippen LogP contribution is -2.53. The number of nitrogens with zero attached hydrogens (tertiary/aromatic N) is 2. The summed E-state index contributed by atoms with van der Waals surface area (Å²) in [5.41, 5.74) is -1.69. The Morgan fingerprint density at radius 2 is 1.92 bits per heavy atom. The molecular formula is C24H24ClF5N4O3. The van der Waals surface area contributed by atoms with Crippen molar-refractivity contribution in [3.05, 3.63) is 52.7 Å². The molecule has 2 aliphatic rings. The lowest BCUT2D eigenvalue weighted by atomic mass is 9.94. The predicted octanol–water partition coefficient (Wildman–Crippen LogP) is 4.39. The third-order valence-corrected chi connectivity index (χ3v) is 6.73. The van der Waals surface area contributed by atoms with E-state index in [0.717, 1.165) is 30.8 Å². The molecule has 4 rings (SSSR count). The first-order valence-electron chi connectivity index (χ1n) is 11.5. The van der Waals surface area contributed by atoms with E-state index in [1.54, 1.807) is 10.2 Å². The largest absolute Gasteiger partial charge is 0.476 e. The van der Waals surface area contributed by atoms with E-state index in [4.69, 9.17) is 16.3 Å². The Morgan fingerprint density at radius 3 is 2.57 bits per heavy atom. The number of pyridine rings is 1. The molecule has 3 unspecified atom stereocenters. The number of aromatic nitrogens is 1. The van der Waals surface area contributed by atoms with Crippen molar-refractivity contribution in [2.45, 2.75) is 63.0 Å². The smallest absolute Gasteiger partial charge is 0.405 e. The Bertz CT molecular complexity index is 1210. The van der Waals surface area contributed by atoms with E-state index in [2.05, 4.69) is 10.3 Å². The molecule has 2 amide bonds. The number of anilines is 1. The molecule has 3 atom stereocenters. The number of rotatable bonds is 7. The van der Waals surface area contributed by atoms with Crippen LogP contribution >= 0.6 is 11.6 Å². The standard InChI is InChI=1S/C24H24ClF5N4O3/c1-23(2,37-19-6-3-13(26)8-15(19)25)22(36)33-17-9-14-4-5-18(17)34(14)20-16(27)7-12(10-31-20)21(35)32-11-24(28,29)30/h3,6-8,10,14,17-18H,4-5,9,11H2,1-2H3,(H,32,35)(H,33,36). The van der Waals surface area contributed by atoms with Crippen molar-refractivity contribution >= 4 is 29.2 Å². The molecule has 0 saturated carbocycles. The van der Waals surface area contributed by atoms with Gasteiger partial charge in [0.05, 0.1) is 22.7 Å². The fraction of sp³-hybridized carbons (Fsp3) is 0.458. The fourth-order valence-electron chi connectivity index (χ4n) is 4.72. The first kappa shape index (κ1) is 26.9. The van der Waals surface area contributed by atoms with Gasteiger partial charge in [-0.3, -0.25) is 9.59 Å². The van der Waals surface area contributed by atoms with Gasteiger partial charge in [-0.25, -0.2) is 13.8 Å². The van der Waals surface area contributed by atoms with Gasteiger partial charge in [-0.05, 0) is 57.4 Å². The van der Waals surface area contributed by atoms with Crippen LogP contribution in [0.3, 0.4) is 0 Å². The molecule has 13 heteroatoms. The SMILES string of the molecule is CC(C)(Oc1ccc(F)cc1Cl)C(=O)NC1CC2CCC1N2c1ncc(C(=O)NCC(F)(F)F)cc1F. The molecule has 7 nitrogen and oxygen atoms in total. The number of carbonyl (C=O) groups excluding carboxylic acids is 2. The van der Waals surface area contributed by atoms with Gasteiger partial charge in [0, 0.05) is 12.2 Å². The highest BCUT2D eigenvalue weighted by Crippen LogP contribution is 2.41. The second kappa shape index (κ2) is 9.96. The topological polar surface area (TPSA) is 83.6 Å². The summed E-state index contributed by atoms with van der Waals surface area (Å²) in [7, 11) is 0. The van der Waals surface area contributed by atoms with E-state index in [9.17, 15) is 31.5 Å². The average molecular weight is 547 g/mol. The summed E-state index contributed by atoms with van der Waals surface area (Å²) < 4.78 is 71.0. The number of fused-ring (bicyclic) bond motifs is 2. The zero-order valence-corrected chi connectivity index (χ0v) is 20.6. The summed E-state index contributed by atoms with van der Waals surface area (Å²) in [6, 6.07) is 3.65. The molecule has 2 saturated heterocycles. The first-order chi connectivity index (χ1) is 17.2. The fourth-order valence-corrected chi connectivity index (χ4v) is 4.93. The van der Waals surface area contributed by atoms with Crippen LogP contribution in [0.2, 0.25) is 5.02 Å². The molecule has 200 valence electrons. The first-order valence-corrected chi connectivity index (χ1v) is 11.9. The summed E-state index contributed by atoms with van der Waals surface area (Å²) in [5, 5.41) is 4.64. The molecule has 2 fully saturated rings. The second-order valence-corrected chi connectivity index (χ2v) is 9.94. The molecule has 2 aliphatic heterocycles. The van der Waals surface area contributed by atoms with Gasteiger partial charge in [-0.1, -0.05) is 11.6 Å². The molecule has 1 aromatic carbocycles. The average Bonchev–Trinajstić information content (AvgIpc) is 3.36. The van der Waals surface area contributed by atoms with Crippen LogP contribution in [-0.2, 0) is 4.79 Å². The lowest BCUT2D eigenvalue weighted by Gasteiger charge is -2.30. The van der Waals surface area contributed by atoms with Crippen LogP contribution in [0.15, 0.2) is 30.5 Å². The normalized spacial score (nSPS) is 21.2. The highest BCUT2D eigenvalue weighted by molar-refractivity contribution is 6.32. The minimum atomic E-state index is -4.60. The van der Waals surface area contributed by atoms with Crippen molar-refractivity contribution < 1.29 is 36.3 Å². The predicted molar refractivity (Wildman–Crippen MR) is 125 cm³/mol. The van der Waals surface area contributed by atoms with Crippen LogP contribution in [-0.4, -0.2) is 53.2 Å². The van der Waals surface area contributed by atoms with E-state index in [1.165, 1.54) is 19.9 Å². The zero-order valence-electron chi connectivity index (χ0n) is 19.8. The number of amides is 2. The number of benzene rings is 1. The van der Waals surface area contributed by atoms with Crippen LogP contribution in [0.5, 0.6) is 5.75 Å². The van der Waals surface area contributed by atoms with Crippen molar-refractivity contribution in [1.82, 2.24) is 15.6 Å². The van der Waals surface area contributed by atoms with Gasteiger partial charge in [-0.15, -0.1) is 0 Å². The van der Waals surface area contributed by atoms with Crippen LogP contribution in [0.1, 0.15) is 43.5 Å². The lowest BCUT2D eigenvalue weighted by molar-refractivity contribution is -0.135. The maximum Gasteiger partial charge on any atom is 0.405 e. The van der Waals surface area contributed by atoms with E-state index >= 15 is 0 Å². The number of nitrogens with one attached hydrogen (secondary N) is 2. The quantitative estimate of drug-likeness (QED) is 0.503. The summed E-state index contributed by atoms with van der Waals surface area (Å²) in [4.78, 5) is 30.8. The third kappa shape index (κ3) is 5.89. The molecule has 37 heavy (non-hydrogen) atoms. The van der Waals surface area contributed by atoms with Gasteiger partial charge in [0.15, 0.2) is 17.2 Å². The van der Waals surface area contributed by atoms with E-state index in [-0.39, 0.29) is 40.3 Å². The van der Waals surface area contributed by atoms with Gasteiger partial charge in [0.25, 0.3) is 11.8 Å². The Hall–Kier alpha value is -3.15. The minimum Gasteiger partial charge on any atom is -0.476 e. The third-order valence-electron chi connectivity index (χ3n) is 6.44. The Kier molecular flexibility index (Phi) is 7.24. The van der Waals surface area contributed by atoms with Crippen LogP contribution < -0.4 is 20.3 Å². The van der Waals surface area contributed by atoms with Gasteiger partial charge < -0.3 is 20.3 Å². The Labute approximate surface area is 214 Å². The summed E-state index contributed by atoms with van der Waals surface area (Å²) >= 11 is 6.01. The van der Waals surface area contributed by atoms with E-state index in [1.807, 2.05) is 0 Å². The van der Waals surface area contributed by atoms with E-state index in [0.29, 0.717) is 12.8 Å². The van der Waals surface area contributed by atoms with Gasteiger partial charge >= 0.3 is 6.18 Å². The van der Waals surface area contributed by atoms with Crippen LogP contribution in [0.4, 0.5) is 27.8 Å². The molecule has 2 aromatic rings. The van der Waals surface area contributed by atoms with Crippen LogP contribution in [0.25, 0.3) is 0 Å². The summed E-state index contributed by atoms with van der Waals surface area (Å²) in [6.07, 6.45) is -1.68.